The number of nitro groups is 1. The number of allylic oxidation sites excluding steroid dienone is 1. The Bertz CT molecular complexity index is 1550. The molecule has 0 spiro atoms. The molecule has 1 aliphatic heterocycles. The maximum Gasteiger partial charge on any atom is 0.338 e. The van der Waals surface area contributed by atoms with Crippen molar-refractivity contribution in [2.75, 3.05) is 21.3 Å². The fourth-order valence-corrected chi connectivity index (χ4v) is 4.96. The van der Waals surface area contributed by atoms with Gasteiger partial charge in [0.1, 0.15) is 0 Å². The molecule has 0 saturated carbocycles. The maximum atomic E-state index is 13.6. The minimum atomic E-state index is -0.828. The number of methoxy groups -OCH3 is 3. The summed E-state index contributed by atoms with van der Waals surface area (Å²) in [6.45, 7) is 1.68. The number of ether oxygens (including phenoxy) is 3. The van der Waals surface area contributed by atoms with E-state index < -0.39 is 22.5 Å². The largest absolute Gasteiger partial charge is 0.493 e. The molecular weight excluding hydrogens is 474 g/mol. The Morgan fingerprint density at radius 3 is 2.54 bits per heavy atom. The SMILES string of the molecule is COC(=O)C1=C(C)N=c2sc(=Cc3cccc([N+](=O)[O-])c3)c(=O)n2C1c1ccc(OC)c(OC)c1. The molecule has 35 heavy (non-hydrogen) atoms. The van der Waals surface area contributed by atoms with Crippen molar-refractivity contribution >= 4 is 29.1 Å². The Labute approximate surface area is 203 Å². The standard InChI is InChI=1S/C24H21N3O7S/c1-13-20(23(29)34-4)21(15-8-9-17(32-2)18(12-15)33-3)26-22(28)19(35-24(26)25-13)11-14-6-5-7-16(10-14)27(30)31/h5-12,21H,1-4H3. The van der Waals surface area contributed by atoms with Crippen LogP contribution in [0.15, 0.2) is 63.5 Å². The lowest BCUT2D eigenvalue weighted by molar-refractivity contribution is -0.384. The number of thiazole rings is 1. The number of carbonyl (C=O) groups is 1. The average Bonchev–Trinajstić information content (AvgIpc) is 3.16. The van der Waals surface area contributed by atoms with E-state index in [0.717, 1.165) is 11.3 Å². The van der Waals surface area contributed by atoms with Gasteiger partial charge in [0.25, 0.3) is 11.2 Å². The molecule has 2 aromatic carbocycles. The van der Waals surface area contributed by atoms with Crippen LogP contribution in [0.2, 0.25) is 0 Å². The van der Waals surface area contributed by atoms with Crippen molar-refractivity contribution in [2.24, 2.45) is 4.99 Å². The first-order valence-corrected chi connectivity index (χ1v) is 11.2. The van der Waals surface area contributed by atoms with Crippen molar-refractivity contribution in [1.29, 1.82) is 0 Å². The summed E-state index contributed by atoms with van der Waals surface area (Å²) >= 11 is 1.13. The Hall–Kier alpha value is -4.25. The normalized spacial score (nSPS) is 15.3. The molecule has 0 radical (unpaired) electrons. The molecule has 10 nitrogen and oxygen atoms in total. The topological polar surface area (TPSA) is 122 Å². The molecule has 3 aromatic rings. The summed E-state index contributed by atoms with van der Waals surface area (Å²) in [5.41, 5.74) is 1.25. The molecule has 1 atom stereocenters. The molecular formula is C24H21N3O7S. The Balaban J connectivity index is 1.97. The number of nitro benzene ring substituents is 1. The van der Waals surface area contributed by atoms with Gasteiger partial charge in [-0.3, -0.25) is 19.5 Å². The number of nitrogens with zero attached hydrogens (tertiary/aromatic N) is 3. The van der Waals surface area contributed by atoms with Crippen molar-refractivity contribution in [3.05, 3.63) is 94.7 Å². The average molecular weight is 496 g/mol. The summed E-state index contributed by atoms with van der Waals surface area (Å²) in [5, 5.41) is 11.1. The Morgan fingerprint density at radius 2 is 1.89 bits per heavy atom. The lowest BCUT2D eigenvalue weighted by Gasteiger charge is -2.25. The molecule has 0 amide bonds. The van der Waals surface area contributed by atoms with Crippen LogP contribution < -0.4 is 24.4 Å². The molecule has 0 aliphatic carbocycles. The molecule has 4 rings (SSSR count). The fourth-order valence-electron chi connectivity index (χ4n) is 3.91. The first-order chi connectivity index (χ1) is 16.8. The summed E-state index contributed by atoms with van der Waals surface area (Å²) in [6, 6.07) is 10.3. The smallest absolute Gasteiger partial charge is 0.338 e. The van der Waals surface area contributed by atoms with Gasteiger partial charge in [0.15, 0.2) is 16.3 Å². The van der Waals surface area contributed by atoms with Gasteiger partial charge in [-0.2, -0.15) is 0 Å². The van der Waals surface area contributed by atoms with Gasteiger partial charge in [0, 0.05) is 12.1 Å². The molecule has 0 fully saturated rings. The summed E-state index contributed by atoms with van der Waals surface area (Å²) < 4.78 is 17.5. The van der Waals surface area contributed by atoms with Crippen molar-refractivity contribution < 1.29 is 23.9 Å². The second-order valence-corrected chi connectivity index (χ2v) is 8.55. The van der Waals surface area contributed by atoms with Crippen LogP contribution in [0.4, 0.5) is 5.69 Å². The van der Waals surface area contributed by atoms with Gasteiger partial charge >= 0.3 is 5.97 Å². The van der Waals surface area contributed by atoms with E-state index in [9.17, 15) is 19.7 Å². The first kappa shape index (κ1) is 23.9. The molecule has 0 N–H and O–H groups in total. The second kappa shape index (κ2) is 9.55. The van der Waals surface area contributed by atoms with Gasteiger partial charge in [0.2, 0.25) is 0 Å². The van der Waals surface area contributed by atoms with Crippen LogP contribution in [0.25, 0.3) is 6.08 Å². The summed E-state index contributed by atoms with van der Waals surface area (Å²) in [4.78, 5) is 41.9. The number of aromatic nitrogens is 1. The molecule has 0 bridgehead atoms. The summed E-state index contributed by atoms with van der Waals surface area (Å²) in [7, 11) is 4.27. The molecule has 2 heterocycles. The third-order valence-electron chi connectivity index (χ3n) is 5.53. The van der Waals surface area contributed by atoms with E-state index in [-0.39, 0.29) is 11.3 Å². The highest BCUT2D eigenvalue weighted by molar-refractivity contribution is 7.07. The highest BCUT2D eigenvalue weighted by Gasteiger charge is 2.33. The number of esters is 1. The number of rotatable bonds is 6. The van der Waals surface area contributed by atoms with E-state index in [2.05, 4.69) is 4.99 Å². The number of fused-ring (bicyclic) bond motifs is 1. The van der Waals surface area contributed by atoms with Crippen LogP contribution in [0.3, 0.4) is 0 Å². The number of hydrogen-bond acceptors (Lipinski definition) is 9. The van der Waals surface area contributed by atoms with E-state index in [4.69, 9.17) is 14.2 Å². The Morgan fingerprint density at radius 1 is 1.14 bits per heavy atom. The van der Waals surface area contributed by atoms with Gasteiger partial charge in [-0.05, 0) is 36.3 Å². The maximum absolute atomic E-state index is 13.6. The third kappa shape index (κ3) is 4.33. The lowest BCUT2D eigenvalue weighted by Crippen LogP contribution is -2.39. The van der Waals surface area contributed by atoms with Crippen LogP contribution in [0, 0.1) is 10.1 Å². The van der Waals surface area contributed by atoms with Crippen LogP contribution in [0.1, 0.15) is 24.1 Å². The zero-order valence-corrected chi connectivity index (χ0v) is 20.1. The monoisotopic (exact) mass is 495 g/mol. The van der Waals surface area contributed by atoms with Gasteiger partial charge < -0.3 is 14.2 Å². The van der Waals surface area contributed by atoms with Crippen LogP contribution in [-0.2, 0) is 9.53 Å². The summed E-state index contributed by atoms with van der Waals surface area (Å²) in [6.07, 6.45) is 1.57. The number of benzene rings is 2. The molecule has 1 unspecified atom stereocenters. The van der Waals surface area contributed by atoms with E-state index in [1.54, 1.807) is 43.3 Å². The first-order valence-electron chi connectivity index (χ1n) is 10.4. The zero-order chi connectivity index (χ0) is 25.3. The predicted molar refractivity (Wildman–Crippen MR) is 128 cm³/mol. The molecule has 1 aromatic heterocycles. The fraction of sp³-hybridized carbons (Fsp3) is 0.208. The highest BCUT2D eigenvalue weighted by atomic mass is 32.1. The van der Waals surface area contributed by atoms with E-state index in [1.807, 2.05) is 0 Å². The summed E-state index contributed by atoms with van der Waals surface area (Å²) in [5.74, 6) is 0.316. The van der Waals surface area contributed by atoms with Crippen LogP contribution >= 0.6 is 11.3 Å². The minimum absolute atomic E-state index is 0.0847. The second-order valence-electron chi connectivity index (χ2n) is 7.54. The molecule has 11 heteroatoms. The number of carbonyl (C=O) groups excluding carboxylic acids is 1. The van der Waals surface area contributed by atoms with Gasteiger partial charge in [-0.1, -0.05) is 29.5 Å². The zero-order valence-electron chi connectivity index (χ0n) is 19.3. The predicted octanol–water partition coefficient (Wildman–Crippen LogP) is 2.33. The van der Waals surface area contributed by atoms with Gasteiger partial charge in [-0.15, -0.1) is 0 Å². The van der Waals surface area contributed by atoms with Gasteiger partial charge in [0.05, 0.1) is 48.1 Å². The quantitative estimate of drug-likeness (QED) is 0.292. The number of non-ortho nitro benzene ring substituents is 1. The van der Waals surface area contributed by atoms with E-state index in [0.29, 0.717) is 37.7 Å². The highest BCUT2D eigenvalue weighted by Crippen LogP contribution is 2.35. The van der Waals surface area contributed by atoms with Crippen molar-refractivity contribution in [3.63, 3.8) is 0 Å². The molecule has 0 saturated heterocycles. The van der Waals surface area contributed by atoms with E-state index in [1.165, 1.54) is 38.0 Å². The van der Waals surface area contributed by atoms with Crippen LogP contribution in [-0.4, -0.2) is 36.8 Å². The van der Waals surface area contributed by atoms with Crippen LogP contribution in [0.5, 0.6) is 11.5 Å². The minimum Gasteiger partial charge on any atom is -0.493 e. The van der Waals surface area contributed by atoms with Crippen molar-refractivity contribution in [1.82, 2.24) is 4.57 Å². The van der Waals surface area contributed by atoms with Crippen molar-refractivity contribution in [3.8, 4) is 11.5 Å². The third-order valence-corrected chi connectivity index (χ3v) is 6.51. The number of hydrogen-bond donors (Lipinski definition) is 0. The van der Waals surface area contributed by atoms with E-state index >= 15 is 0 Å². The molecule has 180 valence electrons. The lowest BCUT2D eigenvalue weighted by atomic mass is 9.95. The molecule has 1 aliphatic rings. The Kier molecular flexibility index (Phi) is 6.52. The van der Waals surface area contributed by atoms with Crippen molar-refractivity contribution in [2.45, 2.75) is 13.0 Å². The van der Waals surface area contributed by atoms with Gasteiger partial charge in [-0.25, -0.2) is 9.79 Å².